The highest BCUT2D eigenvalue weighted by atomic mass is 35.5. The first kappa shape index (κ1) is 33.4. The Balaban J connectivity index is 1.52. The van der Waals surface area contributed by atoms with Gasteiger partial charge < -0.3 is 19.9 Å². The number of hydrogen-bond acceptors (Lipinski definition) is 5. The number of carbonyl (C=O) groups excluding carboxylic acids is 2. The Kier molecular flexibility index (Phi) is 11.3. The van der Waals surface area contributed by atoms with Crippen LogP contribution in [0.4, 0.5) is 5.69 Å². The molecule has 46 heavy (non-hydrogen) atoms. The van der Waals surface area contributed by atoms with Crippen molar-refractivity contribution in [2.75, 3.05) is 24.7 Å². The highest BCUT2D eigenvalue weighted by molar-refractivity contribution is 6.61. The number of amides is 2. The van der Waals surface area contributed by atoms with Gasteiger partial charge >= 0.3 is 0 Å². The Labute approximate surface area is 279 Å². The lowest BCUT2D eigenvalue weighted by atomic mass is 9.93. The molecular formula is C36H44ClN5O3Si. The fraction of sp³-hybridized carbons (Fsp3) is 0.361. The number of unbranched alkanes of at least 4 members (excludes halogenated alkanes) is 2. The second kappa shape index (κ2) is 15.6. The molecule has 3 aromatic carbocycles. The van der Waals surface area contributed by atoms with Crippen molar-refractivity contribution in [2.24, 2.45) is 0 Å². The average Bonchev–Trinajstić information content (AvgIpc) is 3.47. The maximum Gasteiger partial charge on any atom is 0.274 e. The van der Waals surface area contributed by atoms with Gasteiger partial charge in [-0.2, -0.15) is 5.10 Å². The van der Waals surface area contributed by atoms with Crippen LogP contribution in [-0.2, 0) is 13.0 Å². The van der Waals surface area contributed by atoms with Crippen LogP contribution in [0.1, 0.15) is 77.2 Å². The van der Waals surface area contributed by atoms with Crippen molar-refractivity contribution < 1.29 is 14.7 Å². The van der Waals surface area contributed by atoms with E-state index in [-0.39, 0.29) is 24.5 Å². The van der Waals surface area contributed by atoms with Crippen LogP contribution in [0.5, 0.6) is 0 Å². The first-order chi connectivity index (χ1) is 22.3. The number of hydrogen-bond donors (Lipinski definition) is 2. The van der Waals surface area contributed by atoms with Gasteiger partial charge in [0.1, 0.15) is 0 Å². The second-order valence-corrected chi connectivity index (χ2v) is 13.9. The molecular weight excluding hydrogens is 614 g/mol. The summed E-state index contributed by atoms with van der Waals surface area (Å²) in [6.45, 7) is 7.80. The number of aliphatic hydroxyl groups excluding tert-OH is 1. The first-order valence-corrected chi connectivity index (χ1v) is 18.1. The highest BCUT2D eigenvalue weighted by Crippen LogP contribution is 2.29. The molecule has 1 unspecified atom stereocenters. The molecule has 4 aromatic rings. The van der Waals surface area contributed by atoms with Crippen LogP contribution in [0.3, 0.4) is 0 Å². The predicted molar refractivity (Wildman–Crippen MR) is 188 cm³/mol. The van der Waals surface area contributed by atoms with Gasteiger partial charge in [0, 0.05) is 36.0 Å². The fourth-order valence-corrected chi connectivity index (χ4v) is 7.47. The van der Waals surface area contributed by atoms with Crippen molar-refractivity contribution >= 4 is 44.0 Å². The molecule has 1 aliphatic rings. The van der Waals surface area contributed by atoms with E-state index >= 15 is 0 Å². The van der Waals surface area contributed by atoms with Crippen LogP contribution in [0.25, 0.3) is 5.69 Å². The lowest BCUT2D eigenvalue weighted by molar-refractivity contribution is 0.0544. The summed E-state index contributed by atoms with van der Waals surface area (Å²) >= 11 is 6.44. The molecule has 0 radical (unpaired) electrons. The number of carbonyl (C=O) groups is 2. The molecule has 0 fully saturated rings. The summed E-state index contributed by atoms with van der Waals surface area (Å²) in [5.41, 5.74) is 5.21. The second-order valence-electron chi connectivity index (χ2n) is 12.0. The van der Waals surface area contributed by atoms with E-state index in [0.717, 1.165) is 58.4 Å². The van der Waals surface area contributed by atoms with Gasteiger partial charge in [0.2, 0.25) is 0 Å². The number of nitrogens with one attached hydrogen (secondary N) is 1. The van der Waals surface area contributed by atoms with E-state index in [2.05, 4.69) is 24.9 Å². The smallest absolute Gasteiger partial charge is 0.274 e. The Morgan fingerprint density at radius 1 is 1.00 bits per heavy atom. The largest absolute Gasteiger partial charge is 0.412 e. The zero-order chi connectivity index (χ0) is 32.6. The zero-order valence-electron chi connectivity index (χ0n) is 27.0. The summed E-state index contributed by atoms with van der Waals surface area (Å²) in [4.78, 5) is 35.4. The van der Waals surface area contributed by atoms with Gasteiger partial charge in [-0.3, -0.25) is 9.59 Å². The standard InChI is InChI=1S/C36H44ClN5O3Si/c1-4-6-18-40(19-7-5-2)36(45)32-20-25(3)42(38-32)33-17-16-28(39-46-34-15-11-10-14-31(34)37)22-30(33)35(44)41-23-27-13-9-8-12-26(27)21-29(41)24-43/h8-17,20,22,29,39,43H,4-7,18-19,21,23-24,46H2,1-3H3. The Morgan fingerprint density at radius 2 is 1.70 bits per heavy atom. The number of aryl methyl sites for hydroxylation is 1. The molecule has 2 heterocycles. The Morgan fingerprint density at radius 3 is 2.39 bits per heavy atom. The summed E-state index contributed by atoms with van der Waals surface area (Å²) < 4.78 is 1.71. The van der Waals surface area contributed by atoms with Gasteiger partial charge in [-0.25, -0.2) is 4.68 Å². The third-order valence-corrected chi connectivity index (χ3v) is 10.9. The molecule has 0 saturated heterocycles. The van der Waals surface area contributed by atoms with Crippen LogP contribution in [0.15, 0.2) is 72.8 Å². The van der Waals surface area contributed by atoms with E-state index in [1.54, 1.807) is 9.58 Å². The maximum absolute atomic E-state index is 14.5. The monoisotopic (exact) mass is 657 g/mol. The molecule has 8 nitrogen and oxygen atoms in total. The summed E-state index contributed by atoms with van der Waals surface area (Å²) in [5, 5.41) is 17.0. The molecule has 2 amide bonds. The van der Waals surface area contributed by atoms with Crippen LogP contribution in [0, 0.1) is 6.92 Å². The SMILES string of the molecule is CCCCN(CCCC)C(=O)c1cc(C)n(-c2ccc(N[SiH2]c3ccccc3Cl)cc2C(=O)N2Cc3ccccc3CC2CO)n1. The molecule has 1 atom stereocenters. The van der Waals surface area contributed by atoms with Gasteiger partial charge in [0.05, 0.1) is 23.9 Å². The lowest BCUT2D eigenvalue weighted by Crippen LogP contribution is -2.46. The van der Waals surface area contributed by atoms with Crippen LogP contribution < -0.4 is 10.2 Å². The Hall–Kier alpha value is -3.92. The molecule has 0 aliphatic carbocycles. The number of benzene rings is 3. The summed E-state index contributed by atoms with van der Waals surface area (Å²) in [6.07, 6.45) is 4.46. The van der Waals surface area contributed by atoms with Crippen molar-refractivity contribution in [3.05, 3.63) is 106 Å². The van der Waals surface area contributed by atoms with Crippen LogP contribution in [0.2, 0.25) is 5.02 Å². The van der Waals surface area contributed by atoms with E-state index in [0.29, 0.717) is 43.0 Å². The quantitative estimate of drug-likeness (QED) is 0.192. The summed E-state index contributed by atoms with van der Waals surface area (Å²) in [5.74, 6) is -0.282. The molecule has 0 bridgehead atoms. The molecule has 242 valence electrons. The minimum atomic E-state index is -0.989. The number of halogens is 1. The van der Waals surface area contributed by atoms with Crippen molar-refractivity contribution in [1.29, 1.82) is 0 Å². The van der Waals surface area contributed by atoms with Gasteiger partial charge in [-0.05, 0) is 72.8 Å². The summed E-state index contributed by atoms with van der Waals surface area (Å²) in [7, 11) is -0.989. The summed E-state index contributed by atoms with van der Waals surface area (Å²) in [6, 6.07) is 23.0. The van der Waals surface area contributed by atoms with Gasteiger partial charge in [0.15, 0.2) is 15.4 Å². The first-order valence-electron chi connectivity index (χ1n) is 16.3. The van der Waals surface area contributed by atoms with E-state index in [1.807, 2.05) is 78.6 Å². The maximum atomic E-state index is 14.5. The number of anilines is 1. The minimum absolute atomic E-state index is 0.0892. The lowest BCUT2D eigenvalue weighted by Gasteiger charge is -2.36. The van der Waals surface area contributed by atoms with Crippen molar-refractivity contribution in [3.8, 4) is 5.69 Å². The van der Waals surface area contributed by atoms with Crippen LogP contribution >= 0.6 is 11.6 Å². The third kappa shape index (κ3) is 7.54. The van der Waals surface area contributed by atoms with Gasteiger partial charge in [-0.1, -0.05) is 80.8 Å². The number of nitrogens with zero attached hydrogens (tertiary/aromatic N) is 4. The normalized spacial score (nSPS) is 14.5. The van der Waals surface area contributed by atoms with Crippen molar-refractivity contribution in [3.63, 3.8) is 0 Å². The Bertz CT molecular complexity index is 1670. The molecule has 1 aliphatic heterocycles. The molecule has 2 N–H and O–H groups in total. The zero-order valence-corrected chi connectivity index (χ0v) is 29.2. The van der Waals surface area contributed by atoms with Crippen molar-refractivity contribution in [1.82, 2.24) is 19.6 Å². The highest BCUT2D eigenvalue weighted by Gasteiger charge is 2.32. The number of aromatic nitrogens is 2. The predicted octanol–water partition coefficient (Wildman–Crippen LogP) is 5.26. The molecule has 1 aromatic heterocycles. The van der Waals surface area contributed by atoms with E-state index < -0.39 is 9.68 Å². The van der Waals surface area contributed by atoms with Crippen molar-refractivity contribution in [2.45, 2.75) is 65.5 Å². The van der Waals surface area contributed by atoms with Crippen LogP contribution in [-0.4, -0.2) is 71.9 Å². The van der Waals surface area contributed by atoms with E-state index in [4.69, 9.17) is 16.7 Å². The number of rotatable bonds is 13. The number of aliphatic hydroxyl groups is 1. The molecule has 0 spiro atoms. The van der Waals surface area contributed by atoms with E-state index in [9.17, 15) is 14.7 Å². The van der Waals surface area contributed by atoms with Gasteiger partial charge in [-0.15, -0.1) is 0 Å². The molecule has 5 rings (SSSR count). The fourth-order valence-electron chi connectivity index (χ4n) is 5.98. The topological polar surface area (TPSA) is 90.7 Å². The van der Waals surface area contributed by atoms with E-state index in [1.165, 1.54) is 0 Å². The average molecular weight is 658 g/mol. The number of fused-ring (bicyclic) bond motifs is 1. The van der Waals surface area contributed by atoms with Gasteiger partial charge in [0.25, 0.3) is 11.8 Å². The minimum Gasteiger partial charge on any atom is -0.412 e. The molecule has 10 heteroatoms. The third-order valence-electron chi connectivity index (χ3n) is 8.68. The molecule has 0 saturated carbocycles.